The molecule has 0 atom stereocenters. The van der Waals surface area contributed by atoms with Crippen LogP contribution in [0.25, 0.3) is 0 Å². The van der Waals surface area contributed by atoms with Gasteiger partial charge in [-0.15, -0.1) is 0 Å². The molecule has 19 heavy (non-hydrogen) atoms. The summed E-state index contributed by atoms with van der Waals surface area (Å²) in [5, 5.41) is 9.64. The van der Waals surface area contributed by atoms with Gasteiger partial charge in [0.2, 0.25) is 0 Å². The van der Waals surface area contributed by atoms with Crippen LogP contribution in [0.4, 0.5) is 5.69 Å². The first-order valence-corrected chi connectivity index (χ1v) is 7.32. The van der Waals surface area contributed by atoms with Crippen LogP contribution in [0.15, 0.2) is 24.3 Å². The second-order valence-electron chi connectivity index (χ2n) is 5.81. The largest absolute Gasteiger partial charge is 0.481 e. The number of rotatable bonds is 3. The fourth-order valence-corrected chi connectivity index (χ4v) is 3.42. The molecule has 1 aliphatic carbocycles. The zero-order chi connectivity index (χ0) is 13.3. The molecule has 3 rings (SSSR count). The number of carboxylic acid groups (broad SMARTS) is 1. The Labute approximate surface area is 114 Å². The molecule has 1 heterocycles. The molecule has 0 radical (unpaired) electrons. The first-order valence-electron chi connectivity index (χ1n) is 7.32. The van der Waals surface area contributed by atoms with Crippen LogP contribution >= 0.6 is 0 Å². The second-order valence-corrected chi connectivity index (χ2v) is 5.81. The minimum Gasteiger partial charge on any atom is -0.481 e. The van der Waals surface area contributed by atoms with Crippen LogP contribution in [0.5, 0.6) is 0 Å². The molecule has 1 aromatic carbocycles. The molecule has 1 N–H and O–H groups in total. The molecule has 1 aliphatic heterocycles. The number of carboxylic acids is 1. The summed E-state index contributed by atoms with van der Waals surface area (Å²) in [5.41, 5.74) is 1.58. The Balaban J connectivity index is 1.99. The van der Waals surface area contributed by atoms with E-state index < -0.39 is 11.4 Å². The quantitative estimate of drug-likeness (QED) is 0.906. The number of hydrogen-bond acceptors (Lipinski definition) is 2. The average molecular weight is 259 g/mol. The first-order chi connectivity index (χ1) is 9.24. The lowest BCUT2D eigenvalue weighted by molar-refractivity contribution is -0.147. The average Bonchev–Trinajstić information content (AvgIpc) is 2.39. The van der Waals surface area contributed by atoms with Gasteiger partial charge in [0.1, 0.15) is 0 Å². The highest BCUT2D eigenvalue weighted by atomic mass is 16.4. The van der Waals surface area contributed by atoms with Gasteiger partial charge in [-0.1, -0.05) is 24.6 Å². The van der Waals surface area contributed by atoms with Gasteiger partial charge in [-0.25, -0.2) is 0 Å². The van der Waals surface area contributed by atoms with Gasteiger partial charge < -0.3 is 10.0 Å². The van der Waals surface area contributed by atoms with E-state index in [1.54, 1.807) is 0 Å². The number of hydrogen-bond donors (Lipinski definition) is 1. The van der Waals surface area contributed by atoms with Crippen LogP contribution in [0.2, 0.25) is 0 Å². The summed E-state index contributed by atoms with van der Waals surface area (Å²) in [5.74, 6) is -0.650. The van der Waals surface area contributed by atoms with E-state index in [9.17, 15) is 9.90 Å². The molecule has 2 aliphatic rings. The third kappa shape index (κ3) is 2.01. The Morgan fingerprint density at radius 3 is 2.32 bits per heavy atom. The molecule has 1 aromatic rings. The van der Waals surface area contributed by atoms with Gasteiger partial charge in [0.05, 0.1) is 5.41 Å². The van der Waals surface area contributed by atoms with E-state index >= 15 is 0 Å². The van der Waals surface area contributed by atoms with Crippen molar-refractivity contribution in [3.63, 3.8) is 0 Å². The van der Waals surface area contributed by atoms with Gasteiger partial charge in [0.25, 0.3) is 0 Å². The number of nitrogens with zero attached hydrogens (tertiary/aromatic N) is 1. The smallest absolute Gasteiger partial charge is 0.314 e. The van der Waals surface area contributed by atoms with Gasteiger partial charge >= 0.3 is 5.97 Å². The highest BCUT2D eigenvalue weighted by molar-refractivity contribution is 5.85. The molecule has 0 spiro atoms. The van der Waals surface area contributed by atoms with Gasteiger partial charge in [0.15, 0.2) is 0 Å². The lowest BCUT2D eigenvalue weighted by Gasteiger charge is -2.41. The SMILES string of the molecule is O=C(O)C1(c2ccccc2N2CCCCC2)CCC1. The van der Waals surface area contributed by atoms with Crippen molar-refractivity contribution in [3.05, 3.63) is 29.8 Å². The van der Waals surface area contributed by atoms with E-state index in [0.29, 0.717) is 0 Å². The number of anilines is 1. The van der Waals surface area contributed by atoms with E-state index in [1.807, 2.05) is 18.2 Å². The summed E-state index contributed by atoms with van der Waals surface area (Å²) in [6, 6.07) is 8.13. The number of piperidine rings is 1. The van der Waals surface area contributed by atoms with Gasteiger partial charge in [-0.05, 0) is 43.7 Å². The van der Waals surface area contributed by atoms with Crippen LogP contribution < -0.4 is 4.90 Å². The molecular weight excluding hydrogens is 238 g/mol. The van der Waals surface area contributed by atoms with Crippen LogP contribution in [0.3, 0.4) is 0 Å². The molecule has 0 aromatic heterocycles. The Morgan fingerprint density at radius 2 is 1.74 bits per heavy atom. The first kappa shape index (κ1) is 12.5. The highest BCUT2D eigenvalue weighted by Gasteiger charge is 2.47. The maximum absolute atomic E-state index is 11.7. The summed E-state index contributed by atoms with van der Waals surface area (Å²) in [7, 11) is 0. The normalized spacial score (nSPS) is 21.8. The summed E-state index contributed by atoms with van der Waals surface area (Å²) in [4.78, 5) is 14.1. The molecular formula is C16H21NO2. The highest BCUT2D eigenvalue weighted by Crippen LogP contribution is 2.47. The molecule has 0 amide bonds. The predicted molar refractivity (Wildman–Crippen MR) is 75.7 cm³/mol. The summed E-state index contributed by atoms with van der Waals surface area (Å²) >= 11 is 0. The van der Waals surface area contributed by atoms with Crippen molar-refractivity contribution in [1.82, 2.24) is 0 Å². The Hall–Kier alpha value is -1.51. The minimum atomic E-state index is -0.650. The summed E-state index contributed by atoms with van der Waals surface area (Å²) in [6.07, 6.45) is 6.33. The molecule has 0 bridgehead atoms. The topological polar surface area (TPSA) is 40.5 Å². The van der Waals surface area contributed by atoms with Crippen molar-refractivity contribution >= 4 is 11.7 Å². The maximum Gasteiger partial charge on any atom is 0.314 e. The van der Waals surface area contributed by atoms with E-state index in [1.165, 1.54) is 19.3 Å². The van der Waals surface area contributed by atoms with Crippen LogP contribution in [0.1, 0.15) is 44.1 Å². The lowest BCUT2D eigenvalue weighted by Crippen LogP contribution is -2.44. The maximum atomic E-state index is 11.7. The van der Waals surface area contributed by atoms with E-state index in [0.717, 1.165) is 43.6 Å². The Morgan fingerprint density at radius 1 is 1.05 bits per heavy atom. The monoisotopic (exact) mass is 259 g/mol. The zero-order valence-electron chi connectivity index (χ0n) is 11.3. The predicted octanol–water partition coefficient (Wildman–Crippen LogP) is 3.18. The van der Waals surface area contributed by atoms with Crippen LogP contribution in [-0.4, -0.2) is 24.2 Å². The van der Waals surface area contributed by atoms with Crippen molar-refractivity contribution in [2.75, 3.05) is 18.0 Å². The lowest BCUT2D eigenvalue weighted by atomic mass is 9.64. The molecule has 0 unspecified atom stereocenters. The van der Waals surface area contributed by atoms with Gasteiger partial charge in [0, 0.05) is 18.8 Å². The van der Waals surface area contributed by atoms with Crippen molar-refractivity contribution in [2.24, 2.45) is 0 Å². The van der Waals surface area contributed by atoms with Crippen molar-refractivity contribution in [2.45, 2.75) is 43.9 Å². The minimum absolute atomic E-state index is 0.617. The number of para-hydroxylation sites is 1. The number of carbonyl (C=O) groups is 1. The van der Waals surface area contributed by atoms with Crippen LogP contribution in [-0.2, 0) is 10.2 Å². The molecule has 1 saturated heterocycles. The molecule has 2 fully saturated rings. The van der Waals surface area contributed by atoms with E-state index in [-0.39, 0.29) is 0 Å². The second kappa shape index (κ2) is 4.87. The van der Waals surface area contributed by atoms with E-state index in [4.69, 9.17) is 0 Å². The Kier molecular flexibility index (Phi) is 3.21. The van der Waals surface area contributed by atoms with E-state index in [2.05, 4.69) is 11.0 Å². The Bertz CT molecular complexity index is 473. The zero-order valence-corrected chi connectivity index (χ0v) is 11.3. The van der Waals surface area contributed by atoms with Gasteiger partial charge in [-0.2, -0.15) is 0 Å². The number of benzene rings is 1. The third-order valence-corrected chi connectivity index (χ3v) is 4.73. The fraction of sp³-hybridized carbons (Fsp3) is 0.562. The molecule has 102 valence electrons. The van der Waals surface area contributed by atoms with Crippen molar-refractivity contribution in [1.29, 1.82) is 0 Å². The molecule has 3 nitrogen and oxygen atoms in total. The summed E-state index contributed by atoms with van der Waals surface area (Å²) < 4.78 is 0. The van der Waals surface area contributed by atoms with Crippen LogP contribution in [0, 0.1) is 0 Å². The third-order valence-electron chi connectivity index (χ3n) is 4.73. The summed E-state index contributed by atoms with van der Waals surface area (Å²) in [6.45, 7) is 2.12. The number of aliphatic carboxylic acids is 1. The molecule has 3 heteroatoms. The fourth-order valence-electron chi connectivity index (χ4n) is 3.42. The van der Waals surface area contributed by atoms with Crippen molar-refractivity contribution < 1.29 is 9.90 Å². The van der Waals surface area contributed by atoms with Crippen molar-refractivity contribution in [3.8, 4) is 0 Å². The van der Waals surface area contributed by atoms with Gasteiger partial charge in [-0.3, -0.25) is 4.79 Å². The standard InChI is InChI=1S/C16H21NO2/c18-15(19)16(9-6-10-16)13-7-2-3-8-14(13)17-11-4-1-5-12-17/h2-3,7-8H,1,4-6,9-12H2,(H,18,19). The molecule has 1 saturated carbocycles.